The van der Waals surface area contributed by atoms with E-state index in [2.05, 4.69) is 36.5 Å². The second-order valence-corrected chi connectivity index (χ2v) is 7.41. The minimum atomic E-state index is -0.254. The van der Waals surface area contributed by atoms with Gasteiger partial charge in [-0.25, -0.2) is 10.4 Å². The van der Waals surface area contributed by atoms with Crippen molar-refractivity contribution in [2.24, 2.45) is 5.10 Å². The number of rotatable bonds is 4. The van der Waals surface area contributed by atoms with Crippen molar-refractivity contribution >= 4 is 34.4 Å². The fourth-order valence-corrected chi connectivity index (χ4v) is 3.60. The quantitative estimate of drug-likeness (QED) is 0.381. The second kappa shape index (κ2) is 7.74. The summed E-state index contributed by atoms with van der Waals surface area (Å²) in [6, 6.07) is 17.7. The molecule has 2 heterocycles. The first-order valence-electron chi connectivity index (χ1n) is 8.95. The van der Waals surface area contributed by atoms with Crippen LogP contribution in [0.4, 0.5) is 0 Å². The molecule has 1 N–H and O–H groups in total. The van der Waals surface area contributed by atoms with Crippen molar-refractivity contribution in [3.8, 4) is 11.3 Å². The summed E-state index contributed by atoms with van der Waals surface area (Å²) in [5.41, 5.74) is 9.12. The molecule has 0 spiro atoms. The topological polar surface area (TPSA) is 54.4 Å². The predicted octanol–water partition coefficient (Wildman–Crippen LogP) is 5.34. The van der Waals surface area contributed by atoms with Crippen molar-refractivity contribution in [1.29, 1.82) is 0 Å². The number of benzene rings is 2. The van der Waals surface area contributed by atoms with Gasteiger partial charge in [0.05, 0.1) is 23.0 Å². The molecule has 1 amide bonds. The van der Waals surface area contributed by atoms with Gasteiger partial charge in [0.1, 0.15) is 0 Å². The van der Waals surface area contributed by atoms with Gasteiger partial charge in [0.2, 0.25) is 0 Å². The van der Waals surface area contributed by atoms with Crippen LogP contribution in [-0.2, 0) is 0 Å². The molecule has 0 bridgehead atoms. The number of aryl methyl sites for hydroxylation is 2. The van der Waals surface area contributed by atoms with Gasteiger partial charge in [-0.15, -0.1) is 0 Å². The standard InChI is InChI=1S/C23H19N3OS/c1-15-7-8-18(11-16(15)2)22-12-20(19-5-3-4-6-21(19)25-22)23(27)26-24-13-17-9-10-28-14-17/h3-14H,1-2H3,(H,26,27)/b24-13-. The molecule has 28 heavy (non-hydrogen) atoms. The first-order chi connectivity index (χ1) is 13.6. The fraction of sp³-hybridized carbons (Fsp3) is 0.0870. The molecule has 4 rings (SSSR count). The summed E-state index contributed by atoms with van der Waals surface area (Å²) in [6.07, 6.45) is 1.64. The smallest absolute Gasteiger partial charge is 0.267 e. The summed E-state index contributed by atoms with van der Waals surface area (Å²) in [6.45, 7) is 4.16. The van der Waals surface area contributed by atoms with Gasteiger partial charge in [0, 0.05) is 16.5 Å². The van der Waals surface area contributed by atoms with E-state index in [1.54, 1.807) is 17.6 Å². The molecule has 0 saturated carbocycles. The average Bonchev–Trinajstić information content (AvgIpc) is 3.22. The number of carbonyl (C=O) groups excluding carboxylic acids is 1. The Hall–Kier alpha value is -3.31. The Bertz CT molecular complexity index is 1180. The molecule has 0 atom stereocenters. The second-order valence-electron chi connectivity index (χ2n) is 6.63. The molecule has 0 saturated heterocycles. The van der Waals surface area contributed by atoms with Crippen LogP contribution in [-0.4, -0.2) is 17.1 Å². The number of hydrogen-bond acceptors (Lipinski definition) is 4. The van der Waals surface area contributed by atoms with Crippen LogP contribution in [0.3, 0.4) is 0 Å². The molecule has 0 fully saturated rings. The number of fused-ring (bicyclic) bond motifs is 1. The fourth-order valence-electron chi connectivity index (χ4n) is 2.99. The highest BCUT2D eigenvalue weighted by Crippen LogP contribution is 2.26. The number of nitrogens with zero attached hydrogens (tertiary/aromatic N) is 2. The first-order valence-corrected chi connectivity index (χ1v) is 9.89. The monoisotopic (exact) mass is 385 g/mol. The molecular formula is C23H19N3OS. The van der Waals surface area contributed by atoms with Crippen LogP contribution in [0.5, 0.6) is 0 Å². The predicted molar refractivity (Wildman–Crippen MR) is 116 cm³/mol. The average molecular weight is 385 g/mol. The largest absolute Gasteiger partial charge is 0.272 e. The van der Waals surface area contributed by atoms with Gasteiger partial charge in [0.15, 0.2) is 0 Å². The molecule has 0 aliphatic rings. The first kappa shape index (κ1) is 18.1. The molecule has 2 aromatic heterocycles. The number of hydrazone groups is 1. The zero-order chi connectivity index (χ0) is 19.5. The van der Waals surface area contributed by atoms with Gasteiger partial charge in [-0.05, 0) is 60.0 Å². The highest BCUT2D eigenvalue weighted by Gasteiger charge is 2.14. The third-order valence-electron chi connectivity index (χ3n) is 4.69. The number of nitrogens with one attached hydrogen (secondary N) is 1. The molecule has 0 aliphatic heterocycles. The summed E-state index contributed by atoms with van der Waals surface area (Å²) in [4.78, 5) is 17.6. The molecule has 0 aliphatic carbocycles. The van der Waals surface area contributed by atoms with Crippen molar-refractivity contribution in [1.82, 2.24) is 10.4 Å². The number of thiophene rings is 1. The lowest BCUT2D eigenvalue weighted by Crippen LogP contribution is -2.18. The van der Waals surface area contributed by atoms with Crippen LogP contribution in [0.15, 0.2) is 70.5 Å². The van der Waals surface area contributed by atoms with Crippen molar-refractivity contribution in [2.75, 3.05) is 0 Å². The Morgan fingerprint density at radius 3 is 2.71 bits per heavy atom. The van der Waals surface area contributed by atoms with Crippen LogP contribution in [0.2, 0.25) is 0 Å². The van der Waals surface area contributed by atoms with E-state index in [0.717, 1.165) is 27.7 Å². The molecular weight excluding hydrogens is 366 g/mol. The number of carbonyl (C=O) groups is 1. The van der Waals surface area contributed by atoms with Crippen LogP contribution in [0, 0.1) is 13.8 Å². The van der Waals surface area contributed by atoms with Gasteiger partial charge in [-0.1, -0.05) is 30.3 Å². The molecule has 5 heteroatoms. The maximum atomic E-state index is 12.8. The normalized spacial score (nSPS) is 11.2. The summed E-state index contributed by atoms with van der Waals surface area (Å²) < 4.78 is 0. The summed E-state index contributed by atoms with van der Waals surface area (Å²) in [5, 5.41) is 8.83. The third kappa shape index (κ3) is 3.70. The highest BCUT2D eigenvalue weighted by molar-refractivity contribution is 7.08. The maximum Gasteiger partial charge on any atom is 0.272 e. The number of para-hydroxylation sites is 1. The van der Waals surface area contributed by atoms with E-state index in [1.165, 1.54) is 11.1 Å². The van der Waals surface area contributed by atoms with Crippen molar-refractivity contribution in [3.63, 3.8) is 0 Å². The van der Waals surface area contributed by atoms with E-state index in [-0.39, 0.29) is 5.91 Å². The Balaban J connectivity index is 1.73. The highest BCUT2D eigenvalue weighted by atomic mass is 32.1. The van der Waals surface area contributed by atoms with Gasteiger partial charge >= 0.3 is 0 Å². The van der Waals surface area contributed by atoms with Crippen LogP contribution < -0.4 is 5.43 Å². The van der Waals surface area contributed by atoms with Crippen molar-refractivity contribution in [2.45, 2.75) is 13.8 Å². The van der Waals surface area contributed by atoms with E-state index >= 15 is 0 Å². The number of amides is 1. The Morgan fingerprint density at radius 1 is 1.07 bits per heavy atom. The Morgan fingerprint density at radius 2 is 1.93 bits per heavy atom. The van der Waals surface area contributed by atoms with E-state index in [0.29, 0.717) is 5.56 Å². The summed E-state index contributed by atoms with van der Waals surface area (Å²) >= 11 is 1.59. The minimum absolute atomic E-state index is 0.254. The summed E-state index contributed by atoms with van der Waals surface area (Å²) in [7, 11) is 0. The van der Waals surface area contributed by atoms with E-state index < -0.39 is 0 Å². The Labute approximate surface area is 167 Å². The zero-order valence-corrected chi connectivity index (χ0v) is 16.5. The molecule has 0 unspecified atom stereocenters. The minimum Gasteiger partial charge on any atom is -0.267 e. The lowest BCUT2D eigenvalue weighted by molar-refractivity contribution is 0.0957. The molecule has 4 nitrogen and oxygen atoms in total. The molecule has 0 radical (unpaired) electrons. The Kier molecular flexibility index (Phi) is 5.00. The molecule has 2 aromatic carbocycles. The number of pyridine rings is 1. The zero-order valence-electron chi connectivity index (χ0n) is 15.6. The molecule has 138 valence electrons. The van der Waals surface area contributed by atoms with E-state index in [9.17, 15) is 4.79 Å². The van der Waals surface area contributed by atoms with Gasteiger partial charge in [-0.3, -0.25) is 4.79 Å². The van der Waals surface area contributed by atoms with Gasteiger partial charge in [0.25, 0.3) is 5.91 Å². The van der Waals surface area contributed by atoms with E-state index in [4.69, 9.17) is 4.98 Å². The number of aromatic nitrogens is 1. The van der Waals surface area contributed by atoms with Crippen LogP contribution >= 0.6 is 11.3 Å². The van der Waals surface area contributed by atoms with Crippen molar-refractivity contribution < 1.29 is 4.79 Å². The van der Waals surface area contributed by atoms with Gasteiger partial charge < -0.3 is 0 Å². The lowest BCUT2D eigenvalue weighted by Gasteiger charge is -2.10. The SMILES string of the molecule is Cc1ccc(-c2cc(C(=O)N/N=C\c3ccsc3)c3ccccc3n2)cc1C. The third-order valence-corrected chi connectivity index (χ3v) is 5.39. The van der Waals surface area contributed by atoms with Gasteiger partial charge in [-0.2, -0.15) is 16.4 Å². The van der Waals surface area contributed by atoms with Crippen LogP contribution in [0.25, 0.3) is 22.2 Å². The lowest BCUT2D eigenvalue weighted by atomic mass is 10.0. The van der Waals surface area contributed by atoms with Crippen LogP contribution in [0.1, 0.15) is 27.0 Å². The summed E-state index contributed by atoms with van der Waals surface area (Å²) in [5.74, 6) is -0.254. The number of hydrogen-bond donors (Lipinski definition) is 1. The maximum absolute atomic E-state index is 12.8. The molecule has 4 aromatic rings. The van der Waals surface area contributed by atoms with Crippen molar-refractivity contribution in [3.05, 3.63) is 87.6 Å². The van der Waals surface area contributed by atoms with E-state index in [1.807, 2.05) is 53.2 Å².